The highest BCUT2D eigenvalue weighted by molar-refractivity contribution is 8.01. The van der Waals surface area contributed by atoms with Gasteiger partial charge in [0.1, 0.15) is 18.1 Å². The molecule has 55 heavy (non-hydrogen) atoms. The van der Waals surface area contributed by atoms with E-state index >= 15 is 0 Å². The fourth-order valence-corrected chi connectivity index (χ4v) is 8.46. The van der Waals surface area contributed by atoms with Crippen LogP contribution in [0.2, 0.25) is 0 Å². The molecule has 1 aromatic rings. The van der Waals surface area contributed by atoms with Gasteiger partial charge in [-0.25, -0.2) is 4.79 Å². The van der Waals surface area contributed by atoms with Crippen molar-refractivity contribution in [3.05, 3.63) is 35.9 Å². The molecule has 2 fully saturated rings. The molecule has 5 atom stereocenters. The van der Waals surface area contributed by atoms with E-state index in [1.165, 1.54) is 9.80 Å². The molecule has 0 radical (unpaired) electrons. The van der Waals surface area contributed by atoms with Gasteiger partial charge in [-0.2, -0.15) is 11.8 Å². The van der Waals surface area contributed by atoms with Gasteiger partial charge in [-0.05, 0) is 43.1 Å². The summed E-state index contributed by atoms with van der Waals surface area (Å²) in [6.45, 7) is 11.7. The lowest BCUT2D eigenvalue weighted by atomic mass is 9.83. The molecule has 15 heteroatoms. The maximum absolute atomic E-state index is 14.5. The average Bonchev–Trinajstić information content (AvgIpc) is 3.56. The number of rotatable bonds is 17. The zero-order valence-electron chi connectivity index (χ0n) is 33.8. The number of alkyl carbamates (subject to hydrolysis) is 1. The van der Waals surface area contributed by atoms with E-state index in [-0.39, 0.29) is 53.2 Å². The standard InChI is InChI=1S/C40H62N6O8S/c1-9-16-29(34(48)36(50)41-22-31(47)43-32(37(51)45(7)8)26-17-12-10-13-18-26)42-35(49)30-21-28(55-40(4,5)6)23-46(30)38(52)33(27-19-14-11-15-20-27)44-39(53)54-24-25(2)3/h10,12-13,17-18,25,27-30,32-33H,9,11,14-16,19-24H2,1-8H3,(H,41,50)(H,42,49)(H,43,47)(H,44,53). The van der Waals surface area contributed by atoms with Crippen LogP contribution in [0.1, 0.15) is 105 Å². The van der Waals surface area contributed by atoms with Crippen molar-refractivity contribution in [2.45, 2.75) is 127 Å². The van der Waals surface area contributed by atoms with E-state index in [1.54, 1.807) is 56.2 Å². The molecule has 1 aromatic carbocycles. The first-order valence-corrected chi connectivity index (χ1v) is 20.4. The summed E-state index contributed by atoms with van der Waals surface area (Å²) < 4.78 is 5.23. The minimum atomic E-state index is -1.21. The number of hydrogen-bond donors (Lipinski definition) is 4. The van der Waals surface area contributed by atoms with E-state index in [9.17, 15) is 33.6 Å². The summed E-state index contributed by atoms with van der Waals surface area (Å²) in [6, 6.07) is 4.61. The van der Waals surface area contributed by atoms with Gasteiger partial charge in [0.2, 0.25) is 29.4 Å². The fourth-order valence-electron chi connectivity index (χ4n) is 6.95. The molecule has 6 amide bonds. The molecule has 5 unspecified atom stereocenters. The summed E-state index contributed by atoms with van der Waals surface area (Å²) in [5.41, 5.74) is 0.553. The van der Waals surface area contributed by atoms with Crippen LogP contribution in [0, 0.1) is 11.8 Å². The Morgan fingerprint density at radius 3 is 2.18 bits per heavy atom. The lowest BCUT2D eigenvalue weighted by Crippen LogP contribution is -2.58. The molecule has 0 aromatic heterocycles. The van der Waals surface area contributed by atoms with E-state index < -0.39 is 60.3 Å². The van der Waals surface area contributed by atoms with Crippen LogP contribution < -0.4 is 21.3 Å². The third kappa shape index (κ3) is 14.1. The zero-order chi connectivity index (χ0) is 40.9. The summed E-state index contributed by atoms with van der Waals surface area (Å²) in [4.78, 5) is 96.7. The topological polar surface area (TPSA) is 183 Å². The predicted molar refractivity (Wildman–Crippen MR) is 212 cm³/mol. The van der Waals surface area contributed by atoms with Crippen molar-refractivity contribution in [1.29, 1.82) is 0 Å². The summed E-state index contributed by atoms with van der Waals surface area (Å²) in [5.74, 6) is -4.00. The van der Waals surface area contributed by atoms with Crippen LogP contribution in [-0.2, 0) is 33.5 Å². The summed E-state index contributed by atoms with van der Waals surface area (Å²) in [5, 5.41) is 10.5. The van der Waals surface area contributed by atoms with Crippen LogP contribution in [0.25, 0.3) is 0 Å². The van der Waals surface area contributed by atoms with Crippen LogP contribution >= 0.6 is 11.8 Å². The summed E-state index contributed by atoms with van der Waals surface area (Å²) >= 11 is 1.66. The third-order valence-corrected chi connectivity index (χ3v) is 10.9. The molecule has 1 aliphatic heterocycles. The number of carbonyl (C=O) groups excluding carboxylic acids is 7. The Morgan fingerprint density at radius 2 is 1.60 bits per heavy atom. The van der Waals surface area contributed by atoms with Gasteiger partial charge in [0.15, 0.2) is 0 Å². The molecule has 1 aliphatic carbocycles. The van der Waals surface area contributed by atoms with E-state index in [0.717, 1.165) is 32.1 Å². The zero-order valence-corrected chi connectivity index (χ0v) is 34.6. The smallest absolute Gasteiger partial charge is 0.407 e. The van der Waals surface area contributed by atoms with Gasteiger partial charge in [-0.3, -0.25) is 28.8 Å². The van der Waals surface area contributed by atoms with Crippen molar-refractivity contribution in [3.8, 4) is 0 Å². The number of carbonyl (C=O) groups is 7. The van der Waals surface area contributed by atoms with Gasteiger partial charge in [0.05, 0.1) is 19.2 Å². The largest absolute Gasteiger partial charge is 0.449 e. The molecule has 2 aliphatic rings. The number of likely N-dealkylation sites (N-methyl/N-ethyl adjacent to an activating group) is 1. The number of Topliss-reactive ketones (excluding diaryl/α,β-unsaturated/α-hetero) is 1. The normalized spacial score (nSPS) is 19.1. The minimum Gasteiger partial charge on any atom is -0.449 e. The molecule has 0 spiro atoms. The van der Waals surface area contributed by atoms with Crippen molar-refractivity contribution >= 4 is 53.2 Å². The summed E-state index contributed by atoms with van der Waals surface area (Å²) in [7, 11) is 3.13. The second-order valence-electron chi connectivity index (χ2n) is 16.1. The quantitative estimate of drug-likeness (QED) is 0.171. The highest BCUT2D eigenvalue weighted by Crippen LogP contribution is 2.37. The number of hydrogen-bond acceptors (Lipinski definition) is 9. The van der Waals surface area contributed by atoms with E-state index in [0.29, 0.717) is 18.4 Å². The first-order valence-electron chi connectivity index (χ1n) is 19.5. The number of thioether (sulfide) groups is 1. The average molecular weight is 787 g/mol. The highest BCUT2D eigenvalue weighted by Gasteiger charge is 2.46. The van der Waals surface area contributed by atoms with Crippen molar-refractivity contribution in [3.63, 3.8) is 0 Å². The molecule has 14 nitrogen and oxygen atoms in total. The molecule has 1 saturated carbocycles. The Labute approximate surface area is 330 Å². The van der Waals surface area contributed by atoms with Crippen molar-refractivity contribution < 1.29 is 38.3 Å². The number of amides is 6. The van der Waals surface area contributed by atoms with E-state index in [2.05, 4.69) is 42.0 Å². The van der Waals surface area contributed by atoms with Gasteiger partial charge in [-0.15, -0.1) is 0 Å². The number of likely N-dealkylation sites (tertiary alicyclic amines) is 1. The SMILES string of the molecule is CCCC(NC(=O)C1CC(SC(C)(C)C)CN1C(=O)C(NC(=O)OCC(C)C)C1CCCCC1)C(=O)C(=O)NCC(=O)NC(C(=O)N(C)C)c1ccccc1. The Bertz CT molecular complexity index is 1490. The molecule has 1 heterocycles. The van der Waals surface area contributed by atoms with Crippen LogP contribution in [0.3, 0.4) is 0 Å². The minimum absolute atomic E-state index is 0.0965. The Hall–Kier alpha value is -4.14. The second-order valence-corrected chi connectivity index (χ2v) is 18.3. The van der Waals surface area contributed by atoms with Gasteiger partial charge in [0.25, 0.3) is 5.91 Å². The molecule has 3 rings (SSSR count). The van der Waals surface area contributed by atoms with Gasteiger partial charge >= 0.3 is 6.09 Å². The molecule has 306 valence electrons. The number of nitrogens with one attached hydrogen (secondary N) is 4. The molecular formula is C40H62N6O8S. The number of benzene rings is 1. The van der Waals surface area contributed by atoms with Gasteiger partial charge in [0, 0.05) is 30.6 Å². The van der Waals surface area contributed by atoms with E-state index in [4.69, 9.17) is 4.74 Å². The van der Waals surface area contributed by atoms with Crippen molar-refractivity contribution in [1.82, 2.24) is 31.1 Å². The number of ketones is 1. The first kappa shape index (κ1) is 45.3. The maximum atomic E-state index is 14.5. The Kier molecular flexibility index (Phi) is 17.5. The van der Waals surface area contributed by atoms with Crippen LogP contribution in [0.15, 0.2) is 30.3 Å². The van der Waals surface area contributed by atoms with Gasteiger partial charge in [-0.1, -0.05) is 97.6 Å². The van der Waals surface area contributed by atoms with Crippen molar-refractivity contribution in [2.75, 3.05) is 33.8 Å². The van der Waals surface area contributed by atoms with Gasteiger partial charge < -0.3 is 35.8 Å². The Balaban J connectivity index is 1.76. The monoisotopic (exact) mass is 786 g/mol. The third-order valence-electron chi connectivity index (χ3n) is 9.55. The lowest BCUT2D eigenvalue weighted by molar-refractivity contribution is -0.143. The predicted octanol–water partition coefficient (Wildman–Crippen LogP) is 3.73. The lowest BCUT2D eigenvalue weighted by Gasteiger charge is -2.34. The molecule has 1 saturated heterocycles. The number of ether oxygens (including phenoxy) is 1. The summed E-state index contributed by atoms with van der Waals surface area (Å²) in [6.07, 6.45) is 4.66. The highest BCUT2D eigenvalue weighted by atomic mass is 32.2. The fraction of sp³-hybridized carbons (Fsp3) is 0.675. The number of nitrogens with zero attached hydrogens (tertiary/aromatic N) is 2. The van der Waals surface area contributed by atoms with Crippen LogP contribution in [0.5, 0.6) is 0 Å². The van der Waals surface area contributed by atoms with Crippen LogP contribution in [0.4, 0.5) is 4.79 Å². The molecule has 0 bridgehead atoms. The molecular weight excluding hydrogens is 725 g/mol. The Morgan fingerprint density at radius 1 is 0.945 bits per heavy atom. The van der Waals surface area contributed by atoms with E-state index in [1.807, 2.05) is 20.8 Å². The van der Waals surface area contributed by atoms with Crippen molar-refractivity contribution in [2.24, 2.45) is 11.8 Å². The first-order chi connectivity index (χ1) is 25.9. The second kappa shape index (κ2) is 21.2. The van der Waals surface area contributed by atoms with Crippen LogP contribution in [-0.4, -0.2) is 113 Å². The maximum Gasteiger partial charge on any atom is 0.407 e. The molecule has 4 N–H and O–H groups in total.